The number of rotatable bonds is 4. The number of hydrogen-bond donors (Lipinski definition) is 1. The maximum absolute atomic E-state index is 12.0. The second-order valence-corrected chi connectivity index (χ2v) is 5.45. The van der Waals surface area contributed by atoms with Gasteiger partial charge in [-0.15, -0.1) is 0 Å². The number of nitrogens with zero attached hydrogens (tertiary/aromatic N) is 2. The molecule has 6 nitrogen and oxygen atoms in total. The molecule has 0 saturated heterocycles. The fraction of sp³-hybridized carbons (Fsp3) is 0.125. The number of nitro groups is 1. The van der Waals surface area contributed by atoms with Crippen LogP contribution in [0.25, 0.3) is 0 Å². The molecule has 0 aliphatic carbocycles. The van der Waals surface area contributed by atoms with Crippen molar-refractivity contribution in [1.82, 2.24) is 5.43 Å². The van der Waals surface area contributed by atoms with Crippen LogP contribution in [0.2, 0.25) is 5.02 Å². The van der Waals surface area contributed by atoms with Gasteiger partial charge in [-0.1, -0.05) is 40.9 Å². The summed E-state index contributed by atoms with van der Waals surface area (Å²) < 4.78 is 0. The molecule has 23 heavy (non-hydrogen) atoms. The number of benzene rings is 2. The molecular weight excluding hydrogens is 318 g/mol. The molecule has 2 rings (SSSR count). The van der Waals surface area contributed by atoms with E-state index in [-0.39, 0.29) is 16.3 Å². The molecule has 0 aromatic heterocycles. The highest BCUT2D eigenvalue weighted by Gasteiger charge is 2.14. The minimum absolute atomic E-state index is 0.00157. The van der Waals surface area contributed by atoms with Crippen LogP contribution in [0.3, 0.4) is 0 Å². The van der Waals surface area contributed by atoms with Crippen molar-refractivity contribution in [2.45, 2.75) is 13.8 Å². The van der Waals surface area contributed by atoms with E-state index in [2.05, 4.69) is 10.5 Å². The maximum Gasteiger partial charge on any atom is 0.272 e. The summed E-state index contributed by atoms with van der Waals surface area (Å²) >= 11 is 5.89. The summed E-state index contributed by atoms with van der Waals surface area (Å²) in [6.45, 7) is 3.94. The van der Waals surface area contributed by atoms with Gasteiger partial charge in [0.2, 0.25) is 0 Å². The Bertz CT molecular complexity index is 783. The Kier molecular flexibility index (Phi) is 5.08. The van der Waals surface area contributed by atoms with Crippen LogP contribution < -0.4 is 5.43 Å². The average Bonchev–Trinajstić information content (AvgIpc) is 2.45. The highest BCUT2D eigenvalue weighted by atomic mass is 35.5. The van der Waals surface area contributed by atoms with Gasteiger partial charge >= 0.3 is 0 Å². The van der Waals surface area contributed by atoms with Crippen LogP contribution in [0.4, 0.5) is 5.69 Å². The molecule has 0 atom stereocenters. The third kappa shape index (κ3) is 4.37. The SMILES string of the molecule is Cc1cc(C)cc(C=NNC(=O)c2ccc([N+](=O)[O-])cc2Cl)c1. The molecule has 0 bridgehead atoms. The third-order valence-corrected chi connectivity index (χ3v) is 3.34. The second-order valence-electron chi connectivity index (χ2n) is 5.04. The molecule has 2 aromatic carbocycles. The molecule has 0 fully saturated rings. The lowest BCUT2D eigenvalue weighted by atomic mass is 10.1. The van der Waals surface area contributed by atoms with Crippen LogP contribution in [-0.4, -0.2) is 17.0 Å². The lowest BCUT2D eigenvalue weighted by Gasteiger charge is -2.03. The van der Waals surface area contributed by atoms with E-state index >= 15 is 0 Å². The number of carbonyl (C=O) groups excluding carboxylic acids is 1. The van der Waals surface area contributed by atoms with Gasteiger partial charge in [0.25, 0.3) is 11.6 Å². The first-order valence-corrected chi connectivity index (χ1v) is 7.10. The molecule has 1 amide bonds. The van der Waals surface area contributed by atoms with E-state index in [0.717, 1.165) is 22.8 Å². The molecule has 0 unspecified atom stereocenters. The standard InChI is InChI=1S/C16H14ClN3O3/c1-10-5-11(2)7-12(6-10)9-18-19-16(21)14-4-3-13(20(22)23)8-15(14)17/h3-9H,1-2H3,(H,19,21). The van der Waals surface area contributed by atoms with Crippen molar-refractivity contribution in [3.63, 3.8) is 0 Å². The number of non-ortho nitro benzene ring substituents is 1. The Morgan fingerprint density at radius 2 is 1.87 bits per heavy atom. The highest BCUT2D eigenvalue weighted by Crippen LogP contribution is 2.22. The molecule has 0 aliphatic heterocycles. The predicted octanol–water partition coefficient (Wildman–Crippen LogP) is 3.63. The summed E-state index contributed by atoms with van der Waals surface area (Å²) in [5.74, 6) is -0.537. The summed E-state index contributed by atoms with van der Waals surface area (Å²) in [6, 6.07) is 9.54. The second kappa shape index (κ2) is 7.02. The number of hydrogen-bond acceptors (Lipinski definition) is 4. The molecule has 1 N–H and O–H groups in total. The van der Waals surface area contributed by atoms with Crippen LogP contribution in [0.15, 0.2) is 41.5 Å². The summed E-state index contributed by atoms with van der Waals surface area (Å²) in [5, 5.41) is 14.5. The quantitative estimate of drug-likeness (QED) is 0.527. The zero-order valence-electron chi connectivity index (χ0n) is 12.5. The van der Waals surface area contributed by atoms with Crippen molar-refractivity contribution in [1.29, 1.82) is 0 Å². The molecule has 118 valence electrons. The van der Waals surface area contributed by atoms with Crippen molar-refractivity contribution in [2.75, 3.05) is 0 Å². The number of aryl methyl sites for hydroxylation is 2. The Morgan fingerprint density at radius 3 is 2.43 bits per heavy atom. The minimum atomic E-state index is -0.578. The van der Waals surface area contributed by atoms with Crippen LogP contribution in [-0.2, 0) is 0 Å². The van der Waals surface area contributed by atoms with E-state index in [1.807, 2.05) is 32.0 Å². The van der Waals surface area contributed by atoms with Gasteiger partial charge < -0.3 is 0 Å². The fourth-order valence-electron chi connectivity index (χ4n) is 2.11. The molecule has 0 aliphatic rings. The van der Waals surface area contributed by atoms with Crippen molar-refractivity contribution < 1.29 is 9.72 Å². The van der Waals surface area contributed by atoms with Crippen LogP contribution in [0.5, 0.6) is 0 Å². The zero-order valence-corrected chi connectivity index (χ0v) is 13.3. The average molecular weight is 332 g/mol. The van der Waals surface area contributed by atoms with Crippen molar-refractivity contribution in [2.24, 2.45) is 5.10 Å². The Labute approximate surface area is 137 Å². The summed E-state index contributed by atoms with van der Waals surface area (Å²) in [5.41, 5.74) is 5.34. The number of amides is 1. The largest absolute Gasteiger partial charge is 0.272 e. The molecular formula is C16H14ClN3O3. The molecule has 0 radical (unpaired) electrons. The van der Waals surface area contributed by atoms with Gasteiger partial charge in [0.1, 0.15) is 0 Å². The Hall–Kier alpha value is -2.73. The summed E-state index contributed by atoms with van der Waals surface area (Å²) in [4.78, 5) is 22.1. The van der Waals surface area contributed by atoms with Gasteiger partial charge in [0, 0.05) is 12.1 Å². The first-order valence-electron chi connectivity index (χ1n) is 6.72. The van der Waals surface area contributed by atoms with E-state index in [4.69, 9.17) is 11.6 Å². The van der Waals surface area contributed by atoms with Crippen molar-refractivity contribution >= 4 is 29.4 Å². The number of hydrazone groups is 1. The van der Waals surface area contributed by atoms with Gasteiger partial charge in [-0.05, 0) is 25.5 Å². The molecule has 0 heterocycles. The maximum atomic E-state index is 12.0. The number of halogens is 1. The van der Waals surface area contributed by atoms with Crippen molar-refractivity contribution in [3.05, 3.63) is 73.8 Å². The molecule has 0 spiro atoms. The van der Waals surface area contributed by atoms with Gasteiger partial charge in [0.15, 0.2) is 0 Å². The number of carbonyl (C=O) groups is 1. The number of nitrogens with one attached hydrogen (secondary N) is 1. The van der Waals surface area contributed by atoms with Crippen LogP contribution in [0, 0.1) is 24.0 Å². The lowest BCUT2D eigenvalue weighted by Crippen LogP contribution is -2.18. The van der Waals surface area contributed by atoms with Gasteiger partial charge in [-0.3, -0.25) is 14.9 Å². The summed E-state index contributed by atoms with van der Waals surface area (Å²) in [7, 11) is 0. The van der Waals surface area contributed by atoms with Gasteiger partial charge in [0.05, 0.1) is 21.7 Å². The normalized spacial score (nSPS) is 10.7. The van der Waals surface area contributed by atoms with Crippen LogP contribution >= 0.6 is 11.6 Å². The van der Waals surface area contributed by atoms with E-state index in [1.54, 1.807) is 0 Å². The Balaban J connectivity index is 2.10. The molecule has 2 aromatic rings. The fourth-order valence-corrected chi connectivity index (χ4v) is 2.37. The van der Waals surface area contributed by atoms with Gasteiger partial charge in [-0.2, -0.15) is 5.10 Å². The first kappa shape index (κ1) is 16.6. The Morgan fingerprint density at radius 1 is 1.22 bits per heavy atom. The monoisotopic (exact) mass is 331 g/mol. The van der Waals surface area contributed by atoms with Crippen molar-refractivity contribution in [3.8, 4) is 0 Å². The first-order chi connectivity index (χ1) is 10.9. The number of nitro benzene ring substituents is 1. The van der Waals surface area contributed by atoms with Gasteiger partial charge in [-0.25, -0.2) is 5.43 Å². The van der Waals surface area contributed by atoms with E-state index in [9.17, 15) is 14.9 Å². The van der Waals surface area contributed by atoms with Crippen LogP contribution in [0.1, 0.15) is 27.0 Å². The molecule has 0 saturated carbocycles. The smallest absolute Gasteiger partial charge is 0.267 e. The highest BCUT2D eigenvalue weighted by molar-refractivity contribution is 6.34. The zero-order chi connectivity index (χ0) is 17.0. The lowest BCUT2D eigenvalue weighted by molar-refractivity contribution is -0.384. The third-order valence-electron chi connectivity index (χ3n) is 3.03. The predicted molar refractivity (Wildman–Crippen MR) is 89.1 cm³/mol. The molecule has 7 heteroatoms. The topological polar surface area (TPSA) is 84.6 Å². The minimum Gasteiger partial charge on any atom is -0.267 e. The van der Waals surface area contributed by atoms with E-state index in [1.165, 1.54) is 18.3 Å². The van der Waals surface area contributed by atoms with E-state index < -0.39 is 10.8 Å². The van der Waals surface area contributed by atoms with E-state index in [0.29, 0.717) is 0 Å². The summed E-state index contributed by atoms with van der Waals surface area (Å²) in [6.07, 6.45) is 1.52.